The Balaban J connectivity index is 2.33. The first-order chi connectivity index (χ1) is 8.31. The minimum Gasteiger partial charge on any atom is -0.384 e. The third-order valence-corrected chi connectivity index (χ3v) is 3.39. The molecule has 100 valence electrons. The van der Waals surface area contributed by atoms with E-state index in [1.54, 1.807) is 6.07 Å². The highest BCUT2D eigenvalue weighted by Crippen LogP contribution is 2.35. The lowest BCUT2D eigenvalue weighted by Gasteiger charge is -2.38. The zero-order chi connectivity index (χ0) is 13.4. The molecule has 18 heavy (non-hydrogen) atoms. The summed E-state index contributed by atoms with van der Waals surface area (Å²) in [6, 6.07) is 5.00. The van der Waals surface area contributed by atoms with E-state index in [9.17, 15) is 18.3 Å². The van der Waals surface area contributed by atoms with Crippen LogP contribution in [0.1, 0.15) is 24.0 Å². The van der Waals surface area contributed by atoms with E-state index in [4.69, 9.17) is 0 Å². The van der Waals surface area contributed by atoms with Crippen molar-refractivity contribution in [3.8, 4) is 0 Å². The molecule has 0 aliphatic carbocycles. The van der Waals surface area contributed by atoms with Crippen LogP contribution in [-0.2, 0) is 11.8 Å². The molecule has 1 aromatic rings. The van der Waals surface area contributed by atoms with E-state index in [2.05, 4.69) is 0 Å². The Hall–Kier alpha value is -1.07. The smallest absolute Gasteiger partial charge is 0.384 e. The molecule has 0 spiro atoms. The summed E-state index contributed by atoms with van der Waals surface area (Å²) < 4.78 is 37.9. The Morgan fingerprint density at radius 3 is 2.67 bits per heavy atom. The van der Waals surface area contributed by atoms with Gasteiger partial charge in [0.15, 0.2) is 0 Å². The summed E-state index contributed by atoms with van der Waals surface area (Å²) in [4.78, 5) is 1.93. The van der Waals surface area contributed by atoms with Gasteiger partial charge in [0.2, 0.25) is 0 Å². The molecule has 2 nitrogen and oxygen atoms in total. The summed E-state index contributed by atoms with van der Waals surface area (Å²) in [6.07, 6.45) is -3.09. The zero-order valence-corrected chi connectivity index (χ0v) is 10.2. The lowest BCUT2D eigenvalue weighted by Crippen LogP contribution is -2.44. The Labute approximate surface area is 104 Å². The normalized spacial score (nSPS) is 26.3. The summed E-state index contributed by atoms with van der Waals surface area (Å²) in [5, 5.41) is 10.5. The number of nitrogens with zero attached hydrogens (tertiary/aromatic N) is 1. The number of hydrogen-bond acceptors (Lipinski definition) is 2. The second-order valence-corrected chi connectivity index (χ2v) is 4.95. The first kappa shape index (κ1) is 13.4. The second kappa shape index (κ2) is 4.55. The number of alkyl halides is 3. The average Bonchev–Trinajstić information content (AvgIpc) is 2.28. The highest BCUT2D eigenvalue weighted by molar-refractivity contribution is 5.30. The number of rotatable bonds is 1. The Morgan fingerprint density at radius 2 is 2.06 bits per heavy atom. The van der Waals surface area contributed by atoms with Crippen LogP contribution >= 0.6 is 0 Å². The predicted molar refractivity (Wildman–Crippen MR) is 62.1 cm³/mol. The minimum atomic E-state index is -4.37. The van der Waals surface area contributed by atoms with Crippen LogP contribution in [0.15, 0.2) is 24.3 Å². The molecular weight excluding hydrogens is 243 g/mol. The summed E-state index contributed by atoms with van der Waals surface area (Å²) in [5.41, 5.74) is -1.53. The number of hydrogen-bond donors (Lipinski definition) is 1. The summed E-state index contributed by atoms with van der Waals surface area (Å²) in [5.74, 6) is 0. The molecule has 1 N–H and O–H groups in total. The standard InChI is InChI=1S/C13H16F3NO/c1-17-7-3-6-12(18,9-17)10-4-2-5-11(8-10)13(14,15)16/h2,4-5,8,18H,3,6-7,9H2,1H3. The van der Waals surface area contributed by atoms with Gasteiger partial charge in [-0.15, -0.1) is 0 Å². The van der Waals surface area contributed by atoms with Crippen LogP contribution in [0.4, 0.5) is 13.2 Å². The van der Waals surface area contributed by atoms with E-state index in [1.807, 2.05) is 11.9 Å². The van der Waals surface area contributed by atoms with E-state index in [-0.39, 0.29) is 0 Å². The fourth-order valence-corrected chi connectivity index (χ4v) is 2.47. The molecular formula is C13H16F3NO. The maximum Gasteiger partial charge on any atom is 0.416 e. The molecule has 1 aliphatic heterocycles. The van der Waals surface area contributed by atoms with Crippen molar-refractivity contribution in [2.75, 3.05) is 20.1 Å². The van der Waals surface area contributed by atoms with Crippen LogP contribution in [0.5, 0.6) is 0 Å². The molecule has 1 aliphatic rings. The summed E-state index contributed by atoms with van der Waals surface area (Å²) in [7, 11) is 1.86. The van der Waals surface area contributed by atoms with Crippen molar-refractivity contribution in [3.63, 3.8) is 0 Å². The van der Waals surface area contributed by atoms with Crippen molar-refractivity contribution in [2.45, 2.75) is 24.6 Å². The van der Waals surface area contributed by atoms with Crippen molar-refractivity contribution < 1.29 is 18.3 Å². The van der Waals surface area contributed by atoms with Gasteiger partial charge in [0.1, 0.15) is 5.60 Å². The van der Waals surface area contributed by atoms with Crippen molar-refractivity contribution >= 4 is 0 Å². The molecule has 1 saturated heterocycles. The fraction of sp³-hybridized carbons (Fsp3) is 0.538. The average molecular weight is 259 g/mol. The quantitative estimate of drug-likeness (QED) is 0.838. The van der Waals surface area contributed by atoms with Gasteiger partial charge in [-0.2, -0.15) is 13.2 Å². The zero-order valence-electron chi connectivity index (χ0n) is 10.2. The highest BCUT2D eigenvalue weighted by Gasteiger charge is 2.36. The third kappa shape index (κ3) is 2.67. The number of likely N-dealkylation sites (N-methyl/N-ethyl adjacent to an activating group) is 1. The van der Waals surface area contributed by atoms with Crippen LogP contribution in [0.25, 0.3) is 0 Å². The van der Waals surface area contributed by atoms with Crippen molar-refractivity contribution in [1.82, 2.24) is 4.90 Å². The molecule has 1 aromatic carbocycles. The van der Waals surface area contributed by atoms with E-state index >= 15 is 0 Å². The van der Waals surface area contributed by atoms with Gasteiger partial charge in [-0.05, 0) is 44.1 Å². The van der Waals surface area contributed by atoms with Gasteiger partial charge >= 0.3 is 6.18 Å². The SMILES string of the molecule is CN1CCCC(O)(c2cccc(C(F)(F)F)c2)C1. The van der Waals surface area contributed by atoms with Gasteiger partial charge in [-0.25, -0.2) is 0 Å². The number of aliphatic hydroxyl groups is 1. The molecule has 0 bridgehead atoms. The first-order valence-corrected chi connectivity index (χ1v) is 5.90. The Morgan fingerprint density at radius 1 is 1.33 bits per heavy atom. The summed E-state index contributed by atoms with van der Waals surface area (Å²) >= 11 is 0. The third-order valence-electron chi connectivity index (χ3n) is 3.39. The van der Waals surface area contributed by atoms with Crippen molar-refractivity contribution in [2.24, 2.45) is 0 Å². The van der Waals surface area contributed by atoms with Crippen molar-refractivity contribution in [1.29, 1.82) is 0 Å². The lowest BCUT2D eigenvalue weighted by molar-refractivity contribution is -0.137. The monoisotopic (exact) mass is 259 g/mol. The maximum atomic E-state index is 12.6. The lowest BCUT2D eigenvalue weighted by atomic mass is 9.85. The van der Waals surface area contributed by atoms with Crippen LogP contribution < -0.4 is 0 Å². The Bertz CT molecular complexity index is 432. The molecule has 2 rings (SSSR count). The molecule has 0 saturated carbocycles. The number of halogens is 3. The number of piperidine rings is 1. The molecule has 0 aromatic heterocycles. The Kier molecular flexibility index (Phi) is 3.38. The van der Waals surface area contributed by atoms with Gasteiger partial charge in [0.05, 0.1) is 5.56 Å². The topological polar surface area (TPSA) is 23.5 Å². The molecule has 1 heterocycles. The highest BCUT2D eigenvalue weighted by atomic mass is 19.4. The molecule has 0 radical (unpaired) electrons. The largest absolute Gasteiger partial charge is 0.416 e. The van der Waals surface area contributed by atoms with Gasteiger partial charge < -0.3 is 10.0 Å². The van der Waals surface area contributed by atoms with E-state index in [0.29, 0.717) is 18.5 Å². The van der Waals surface area contributed by atoms with E-state index in [0.717, 1.165) is 25.1 Å². The van der Waals surface area contributed by atoms with E-state index in [1.165, 1.54) is 6.07 Å². The number of β-amino-alcohol motifs (C(OH)–C–C–N with tert-alkyl or cyclic N) is 1. The minimum absolute atomic E-state index is 0.351. The number of likely N-dealkylation sites (tertiary alicyclic amines) is 1. The van der Waals surface area contributed by atoms with Gasteiger partial charge in [-0.1, -0.05) is 12.1 Å². The van der Waals surface area contributed by atoms with Gasteiger partial charge in [0.25, 0.3) is 0 Å². The van der Waals surface area contributed by atoms with Crippen LogP contribution in [0.2, 0.25) is 0 Å². The molecule has 1 atom stereocenters. The fourth-order valence-electron chi connectivity index (χ4n) is 2.47. The molecule has 1 fully saturated rings. The van der Waals surface area contributed by atoms with Gasteiger partial charge in [0, 0.05) is 6.54 Å². The van der Waals surface area contributed by atoms with Crippen LogP contribution in [0.3, 0.4) is 0 Å². The molecule has 1 unspecified atom stereocenters. The summed E-state index contributed by atoms with van der Waals surface area (Å²) in [6.45, 7) is 1.23. The van der Waals surface area contributed by atoms with Crippen LogP contribution in [-0.4, -0.2) is 30.1 Å². The van der Waals surface area contributed by atoms with Crippen LogP contribution in [0, 0.1) is 0 Å². The van der Waals surface area contributed by atoms with Gasteiger partial charge in [-0.3, -0.25) is 0 Å². The van der Waals surface area contributed by atoms with E-state index < -0.39 is 17.3 Å². The first-order valence-electron chi connectivity index (χ1n) is 5.90. The predicted octanol–water partition coefficient (Wildman–Crippen LogP) is 2.62. The number of benzene rings is 1. The second-order valence-electron chi connectivity index (χ2n) is 4.95. The molecule has 0 amide bonds. The molecule has 5 heteroatoms. The maximum absolute atomic E-state index is 12.6. The van der Waals surface area contributed by atoms with Crippen molar-refractivity contribution in [3.05, 3.63) is 35.4 Å².